The maximum Gasteiger partial charge on any atom is 0.371 e. The molecule has 20 heavy (non-hydrogen) atoms. The summed E-state index contributed by atoms with van der Waals surface area (Å²) in [5.74, 6) is -0.358. The van der Waals surface area contributed by atoms with Crippen LogP contribution in [0.25, 0.3) is 0 Å². The van der Waals surface area contributed by atoms with Crippen LogP contribution in [0.5, 0.6) is 0 Å². The third-order valence-corrected chi connectivity index (χ3v) is 3.71. The first-order valence-corrected chi connectivity index (χ1v) is 7.12. The minimum atomic E-state index is -1.03. The van der Waals surface area contributed by atoms with E-state index in [1.165, 1.54) is 6.07 Å². The van der Waals surface area contributed by atoms with E-state index in [-0.39, 0.29) is 11.8 Å². The number of ether oxygens (including phenoxy) is 1. The SMILES string of the molecule is CCC(CC)N(CCOC)C(C)c1ccc(C(=O)O)o1. The van der Waals surface area contributed by atoms with Crippen LogP contribution in [0.4, 0.5) is 0 Å². The standard InChI is InChI=1S/C15H25NO4/c1-5-12(6-2)16(9-10-19-4)11(3)13-7-8-14(20-13)15(17)18/h7-8,11-12H,5-6,9-10H2,1-4H3,(H,17,18). The lowest BCUT2D eigenvalue weighted by Crippen LogP contribution is -2.38. The summed E-state index contributed by atoms with van der Waals surface area (Å²) in [6.07, 6.45) is 2.08. The van der Waals surface area contributed by atoms with Crippen LogP contribution >= 0.6 is 0 Å². The van der Waals surface area contributed by atoms with E-state index >= 15 is 0 Å². The van der Waals surface area contributed by atoms with E-state index in [4.69, 9.17) is 14.3 Å². The zero-order valence-electron chi connectivity index (χ0n) is 12.8. The average molecular weight is 283 g/mol. The van der Waals surface area contributed by atoms with E-state index in [2.05, 4.69) is 18.7 Å². The minimum Gasteiger partial charge on any atom is -0.475 e. The fourth-order valence-electron chi connectivity index (χ4n) is 2.50. The summed E-state index contributed by atoms with van der Waals surface area (Å²) in [5.41, 5.74) is 0. The van der Waals surface area contributed by atoms with Crippen molar-refractivity contribution in [3.63, 3.8) is 0 Å². The van der Waals surface area contributed by atoms with E-state index in [1.807, 2.05) is 6.92 Å². The van der Waals surface area contributed by atoms with Crippen molar-refractivity contribution in [2.45, 2.75) is 45.7 Å². The lowest BCUT2D eigenvalue weighted by Gasteiger charge is -2.34. The Hall–Kier alpha value is -1.33. The molecule has 0 bridgehead atoms. The van der Waals surface area contributed by atoms with Crippen LogP contribution in [0.3, 0.4) is 0 Å². The predicted molar refractivity (Wildman–Crippen MR) is 77.0 cm³/mol. The Bertz CT molecular complexity index is 412. The van der Waals surface area contributed by atoms with Crippen LogP contribution < -0.4 is 0 Å². The maximum absolute atomic E-state index is 10.9. The number of methoxy groups -OCH3 is 1. The molecule has 1 rings (SSSR count). The van der Waals surface area contributed by atoms with Crippen molar-refractivity contribution in [2.75, 3.05) is 20.3 Å². The topological polar surface area (TPSA) is 62.9 Å². The molecule has 0 fully saturated rings. The van der Waals surface area contributed by atoms with Crippen LogP contribution in [0.2, 0.25) is 0 Å². The van der Waals surface area contributed by atoms with Gasteiger partial charge in [-0.2, -0.15) is 0 Å². The largest absolute Gasteiger partial charge is 0.475 e. The number of carboxylic acids is 1. The first-order chi connectivity index (χ1) is 9.54. The van der Waals surface area contributed by atoms with E-state index in [0.29, 0.717) is 18.4 Å². The molecule has 5 heteroatoms. The van der Waals surface area contributed by atoms with Gasteiger partial charge in [-0.25, -0.2) is 4.79 Å². The van der Waals surface area contributed by atoms with Crippen LogP contribution in [0.15, 0.2) is 16.5 Å². The highest BCUT2D eigenvalue weighted by Crippen LogP contribution is 2.26. The molecule has 0 saturated heterocycles. The van der Waals surface area contributed by atoms with Crippen LogP contribution in [-0.4, -0.2) is 42.3 Å². The Balaban J connectivity index is 2.89. The first kappa shape index (κ1) is 16.7. The number of hydrogen-bond acceptors (Lipinski definition) is 4. The molecule has 0 aromatic carbocycles. The van der Waals surface area contributed by atoms with E-state index in [1.54, 1.807) is 13.2 Å². The summed E-state index contributed by atoms with van der Waals surface area (Å²) in [4.78, 5) is 13.2. The van der Waals surface area contributed by atoms with Gasteiger partial charge in [0, 0.05) is 19.7 Å². The van der Waals surface area contributed by atoms with E-state index < -0.39 is 5.97 Å². The van der Waals surface area contributed by atoms with Gasteiger partial charge in [0.2, 0.25) is 5.76 Å². The van der Waals surface area contributed by atoms with Crippen molar-refractivity contribution in [2.24, 2.45) is 0 Å². The van der Waals surface area contributed by atoms with Crippen molar-refractivity contribution in [1.29, 1.82) is 0 Å². The summed E-state index contributed by atoms with van der Waals surface area (Å²) in [6.45, 7) is 7.80. The lowest BCUT2D eigenvalue weighted by molar-refractivity contribution is 0.0631. The summed E-state index contributed by atoms with van der Waals surface area (Å²) in [5, 5.41) is 8.93. The van der Waals surface area contributed by atoms with Crippen LogP contribution in [0.1, 0.15) is 56.0 Å². The zero-order chi connectivity index (χ0) is 15.1. The van der Waals surface area contributed by atoms with Crippen molar-refractivity contribution in [3.05, 3.63) is 23.7 Å². The van der Waals surface area contributed by atoms with Crippen LogP contribution in [0, 0.1) is 0 Å². The van der Waals surface area contributed by atoms with Gasteiger partial charge in [-0.15, -0.1) is 0 Å². The van der Waals surface area contributed by atoms with Gasteiger partial charge in [0.25, 0.3) is 0 Å². The highest BCUT2D eigenvalue weighted by molar-refractivity contribution is 5.84. The van der Waals surface area contributed by atoms with Gasteiger partial charge in [0.15, 0.2) is 0 Å². The number of aromatic carboxylic acids is 1. The molecule has 1 aromatic heterocycles. The van der Waals surface area contributed by atoms with Crippen molar-refractivity contribution in [1.82, 2.24) is 4.90 Å². The third kappa shape index (κ3) is 4.08. The number of carbonyl (C=O) groups is 1. The van der Waals surface area contributed by atoms with Crippen molar-refractivity contribution < 1.29 is 19.1 Å². The summed E-state index contributed by atoms with van der Waals surface area (Å²) in [7, 11) is 1.69. The molecule has 114 valence electrons. The highest BCUT2D eigenvalue weighted by Gasteiger charge is 2.25. The van der Waals surface area contributed by atoms with E-state index in [9.17, 15) is 4.79 Å². The molecule has 5 nitrogen and oxygen atoms in total. The molecule has 1 aromatic rings. The van der Waals surface area contributed by atoms with Gasteiger partial charge in [-0.3, -0.25) is 4.90 Å². The van der Waals surface area contributed by atoms with Crippen LogP contribution in [-0.2, 0) is 4.74 Å². The van der Waals surface area contributed by atoms with Gasteiger partial charge in [0.05, 0.1) is 12.6 Å². The second-order valence-corrected chi connectivity index (χ2v) is 4.88. The Morgan fingerprint density at radius 2 is 2.05 bits per heavy atom. The molecule has 1 heterocycles. The second kappa shape index (κ2) is 8.07. The van der Waals surface area contributed by atoms with E-state index in [0.717, 1.165) is 19.4 Å². The van der Waals surface area contributed by atoms with Crippen molar-refractivity contribution >= 4 is 5.97 Å². The Morgan fingerprint density at radius 1 is 1.40 bits per heavy atom. The molecular weight excluding hydrogens is 258 g/mol. The highest BCUT2D eigenvalue weighted by atomic mass is 16.5. The second-order valence-electron chi connectivity index (χ2n) is 4.88. The number of nitrogens with zero attached hydrogens (tertiary/aromatic N) is 1. The Kier molecular flexibility index (Phi) is 6.75. The zero-order valence-corrected chi connectivity index (χ0v) is 12.8. The molecule has 0 aliphatic heterocycles. The van der Waals surface area contributed by atoms with Gasteiger partial charge in [-0.1, -0.05) is 13.8 Å². The number of rotatable bonds is 9. The lowest BCUT2D eigenvalue weighted by atomic mass is 10.1. The predicted octanol–water partition coefficient (Wildman–Crippen LogP) is 3.18. The van der Waals surface area contributed by atoms with Gasteiger partial charge in [0.1, 0.15) is 5.76 Å². The smallest absolute Gasteiger partial charge is 0.371 e. The molecule has 0 saturated carbocycles. The molecule has 1 N–H and O–H groups in total. The molecule has 1 atom stereocenters. The fourth-order valence-corrected chi connectivity index (χ4v) is 2.50. The monoisotopic (exact) mass is 283 g/mol. The number of hydrogen-bond donors (Lipinski definition) is 1. The summed E-state index contributed by atoms with van der Waals surface area (Å²) < 4.78 is 10.6. The first-order valence-electron chi connectivity index (χ1n) is 7.12. The maximum atomic E-state index is 10.9. The Labute approximate surface area is 120 Å². The molecule has 0 amide bonds. The molecule has 0 aliphatic rings. The summed E-state index contributed by atoms with van der Waals surface area (Å²) in [6, 6.07) is 3.72. The average Bonchev–Trinajstić information content (AvgIpc) is 2.92. The van der Waals surface area contributed by atoms with Gasteiger partial charge >= 0.3 is 5.97 Å². The molecular formula is C15H25NO4. The molecule has 0 aliphatic carbocycles. The fraction of sp³-hybridized carbons (Fsp3) is 0.667. The quantitative estimate of drug-likeness (QED) is 0.754. The number of carboxylic acid groups (broad SMARTS) is 1. The Morgan fingerprint density at radius 3 is 2.50 bits per heavy atom. The van der Waals surface area contributed by atoms with Crippen molar-refractivity contribution in [3.8, 4) is 0 Å². The van der Waals surface area contributed by atoms with Gasteiger partial charge < -0.3 is 14.3 Å². The minimum absolute atomic E-state index is 0.0110. The summed E-state index contributed by atoms with van der Waals surface area (Å²) >= 11 is 0. The molecule has 0 spiro atoms. The normalized spacial score (nSPS) is 13.1. The molecule has 0 radical (unpaired) electrons. The molecule has 1 unspecified atom stereocenters. The van der Waals surface area contributed by atoms with Gasteiger partial charge in [-0.05, 0) is 31.9 Å². The third-order valence-electron chi connectivity index (χ3n) is 3.71. The number of furan rings is 1.